The molecular weight excluding hydrogens is 284 g/mol. The summed E-state index contributed by atoms with van der Waals surface area (Å²) >= 11 is 3.36. The van der Waals surface area contributed by atoms with Gasteiger partial charge in [-0.05, 0) is 31.0 Å². The minimum atomic E-state index is -0.0749. The number of benzene rings is 1. The molecule has 2 rings (SSSR count). The van der Waals surface area contributed by atoms with Crippen LogP contribution in [0.5, 0.6) is 5.75 Å². The van der Waals surface area contributed by atoms with Gasteiger partial charge in [-0.3, -0.25) is 4.79 Å². The van der Waals surface area contributed by atoms with Gasteiger partial charge in [0.25, 0.3) is 0 Å². The molecule has 0 aromatic heterocycles. The molecule has 0 saturated heterocycles. The van der Waals surface area contributed by atoms with Gasteiger partial charge in [-0.2, -0.15) is 0 Å². The van der Waals surface area contributed by atoms with E-state index in [1.54, 1.807) is 0 Å². The van der Waals surface area contributed by atoms with Crippen LogP contribution < -0.4 is 4.74 Å². The van der Waals surface area contributed by atoms with E-state index in [0.29, 0.717) is 13.2 Å². The molecule has 92 valence electrons. The zero-order chi connectivity index (χ0) is 12.1. The first-order valence-electron chi connectivity index (χ1n) is 5.81. The highest BCUT2D eigenvalue weighted by molar-refractivity contribution is 9.10. The summed E-state index contributed by atoms with van der Waals surface area (Å²) in [6.07, 6.45) is 3.10. The lowest BCUT2D eigenvalue weighted by atomic mass is 9.86. The lowest BCUT2D eigenvalue weighted by molar-refractivity contribution is -0.152. The van der Waals surface area contributed by atoms with Gasteiger partial charge in [0.05, 0.1) is 5.92 Å². The highest BCUT2D eigenvalue weighted by Gasteiger charge is 2.26. The average Bonchev–Trinajstić information content (AvgIpc) is 2.22. The van der Waals surface area contributed by atoms with Crippen molar-refractivity contribution in [2.24, 2.45) is 5.92 Å². The molecule has 0 aliphatic heterocycles. The van der Waals surface area contributed by atoms with E-state index in [1.807, 2.05) is 24.3 Å². The van der Waals surface area contributed by atoms with E-state index >= 15 is 0 Å². The molecule has 0 unspecified atom stereocenters. The Morgan fingerprint density at radius 3 is 2.82 bits per heavy atom. The number of carbonyl (C=O) groups excluding carboxylic acids is 1. The molecule has 1 fully saturated rings. The zero-order valence-corrected chi connectivity index (χ0v) is 11.1. The summed E-state index contributed by atoms with van der Waals surface area (Å²) in [5.74, 6) is 0.842. The van der Waals surface area contributed by atoms with Crippen molar-refractivity contribution in [3.8, 4) is 5.75 Å². The van der Waals surface area contributed by atoms with Gasteiger partial charge in [0.2, 0.25) is 0 Å². The zero-order valence-electron chi connectivity index (χ0n) is 9.52. The highest BCUT2D eigenvalue weighted by atomic mass is 79.9. The third-order valence-electron chi connectivity index (χ3n) is 2.83. The Morgan fingerprint density at radius 2 is 2.18 bits per heavy atom. The van der Waals surface area contributed by atoms with E-state index in [4.69, 9.17) is 9.47 Å². The molecule has 0 heterocycles. The van der Waals surface area contributed by atoms with E-state index in [0.717, 1.165) is 29.5 Å². The van der Waals surface area contributed by atoms with E-state index in [-0.39, 0.29) is 11.9 Å². The maximum Gasteiger partial charge on any atom is 0.309 e. The van der Waals surface area contributed by atoms with Crippen molar-refractivity contribution in [1.29, 1.82) is 0 Å². The second-order valence-electron chi connectivity index (χ2n) is 4.10. The van der Waals surface area contributed by atoms with E-state index < -0.39 is 0 Å². The SMILES string of the molecule is O=C(OCCOc1cccc(Br)c1)C1CCC1. The number of halogens is 1. The molecule has 0 N–H and O–H groups in total. The third-order valence-corrected chi connectivity index (χ3v) is 3.32. The van der Waals surface area contributed by atoms with Gasteiger partial charge in [0.15, 0.2) is 0 Å². The molecule has 17 heavy (non-hydrogen) atoms. The van der Waals surface area contributed by atoms with Crippen molar-refractivity contribution in [3.63, 3.8) is 0 Å². The maximum absolute atomic E-state index is 11.4. The Hall–Kier alpha value is -1.03. The number of esters is 1. The highest BCUT2D eigenvalue weighted by Crippen LogP contribution is 2.27. The average molecular weight is 299 g/mol. The Labute approximate surface area is 109 Å². The van der Waals surface area contributed by atoms with Crippen molar-refractivity contribution in [2.45, 2.75) is 19.3 Å². The normalized spacial score (nSPS) is 15.1. The summed E-state index contributed by atoms with van der Waals surface area (Å²) in [6, 6.07) is 7.59. The first-order chi connectivity index (χ1) is 8.25. The molecule has 4 heteroatoms. The predicted molar refractivity (Wildman–Crippen MR) is 67.9 cm³/mol. The quantitative estimate of drug-likeness (QED) is 0.619. The van der Waals surface area contributed by atoms with Gasteiger partial charge in [-0.25, -0.2) is 0 Å². The van der Waals surface area contributed by atoms with Crippen LogP contribution in [-0.4, -0.2) is 19.2 Å². The number of hydrogen-bond acceptors (Lipinski definition) is 3. The number of rotatable bonds is 5. The van der Waals surface area contributed by atoms with E-state index in [1.165, 1.54) is 0 Å². The largest absolute Gasteiger partial charge is 0.490 e. The molecule has 0 spiro atoms. The number of carbonyl (C=O) groups is 1. The summed E-state index contributed by atoms with van der Waals surface area (Å²) in [5.41, 5.74) is 0. The second kappa shape index (κ2) is 6.05. The predicted octanol–water partition coefficient (Wildman–Crippen LogP) is 3.17. The van der Waals surface area contributed by atoms with Crippen LogP contribution in [0.15, 0.2) is 28.7 Å². The van der Waals surface area contributed by atoms with Crippen molar-refractivity contribution in [2.75, 3.05) is 13.2 Å². The standard InChI is InChI=1S/C13H15BrO3/c14-11-5-2-6-12(9-11)16-7-8-17-13(15)10-3-1-4-10/h2,5-6,9-10H,1,3-4,7-8H2. The Bertz CT molecular complexity index is 388. The molecular formula is C13H15BrO3. The fourth-order valence-electron chi connectivity index (χ4n) is 1.62. The summed E-state index contributed by atoms with van der Waals surface area (Å²) in [6.45, 7) is 0.719. The molecule has 0 radical (unpaired) electrons. The van der Waals surface area contributed by atoms with Crippen LogP contribution in [0.4, 0.5) is 0 Å². The smallest absolute Gasteiger partial charge is 0.309 e. The number of hydrogen-bond donors (Lipinski definition) is 0. The fraction of sp³-hybridized carbons (Fsp3) is 0.462. The molecule has 0 amide bonds. The topological polar surface area (TPSA) is 35.5 Å². The molecule has 0 atom stereocenters. The van der Waals surface area contributed by atoms with Crippen molar-refractivity contribution >= 4 is 21.9 Å². The van der Waals surface area contributed by atoms with Crippen LogP contribution >= 0.6 is 15.9 Å². The monoisotopic (exact) mass is 298 g/mol. The van der Waals surface area contributed by atoms with Crippen LogP contribution in [0, 0.1) is 5.92 Å². The lowest BCUT2D eigenvalue weighted by Gasteiger charge is -2.23. The summed E-state index contributed by atoms with van der Waals surface area (Å²) in [4.78, 5) is 11.4. The molecule has 1 aromatic carbocycles. The molecule has 3 nitrogen and oxygen atoms in total. The van der Waals surface area contributed by atoms with Gasteiger partial charge in [0, 0.05) is 4.47 Å². The molecule has 1 aliphatic rings. The van der Waals surface area contributed by atoms with E-state index in [9.17, 15) is 4.79 Å². The maximum atomic E-state index is 11.4. The van der Waals surface area contributed by atoms with Crippen LogP contribution in [0.1, 0.15) is 19.3 Å². The van der Waals surface area contributed by atoms with Gasteiger partial charge < -0.3 is 9.47 Å². The molecule has 1 saturated carbocycles. The minimum Gasteiger partial charge on any atom is -0.490 e. The first kappa shape index (κ1) is 12.4. The van der Waals surface area contributed by atoms with E-state index in [2.05, 4.69) is 15.9 Å². The van der Waals surface area contributed by atoms with Gasteiger partial charge in [0.1, 0.15) is 19.0 Å². The first-order valence-corrected chi connectivity index (χ1v) is 6.60. The fourth-order valence-corrected chi connectivity index (χ4v) is 2.00. The minimum absolute atomic E-state index is 0.0749. The van der Waals surface area contributed by atoms with Crippen LogP contribution in [0.2, 0.25) is 0 Å². The van der Waals surface area contributed by atoms with Gasteiger partial charge in [-0.15, -0.1) is 0 Å². The van der Waals surface area contributed by atoms with Crippen molar-refractivity contribution < 1.29 is 14.3 Å². The van der Waals surface area contributed by atoms with Gasteiger partial charge >= 0.3 is 5.97 Å². The Balaban J connectivity index is 1.64. The molecule has 0 bridgehead atoms. The lowest BCUT2D eigenvalue weighted by Crippen LogP contribution is -2.25. The Kier molecular flexibility index (Phi) is 4.42. The van der Waals surface area contributed by atoms with Crippen LogP contribution in [0.3, 0.4) is 0 Å². The van der Waals surface area contributed by atoms with Crippen molar-refractivity contribution in [3.05, 3.63) is 28.7 Å². The van der Waals surface area contributed by atoms with Gasteiger partial charge in [-0.1, -0.05) is 28.4 Å². The summed E-state index contributed by atoms with van der Waals surface area (Å²) < 4.78 is 11.6. The second-order valence-corrected chi connectivity index (χ2v) is 5.02. The Morgan fingerprint density at radius 1 is 1.35 bits per heavy atom. The molecule has 1 aliphatic carbocycles. The summed E-state index contributed by atoms with van der Waals surface area (Å²) in [7, 11) is 0. The summed E-state index contributed by atoms with van der Waals surface area (Å²) in [5, 5.41) is 0. The van der Waals surface area contributed by atoms with Crippen LogP contribution in [-0.2, 0) is 9.53 Å². The molecule has 1 aromatic rings. The van der Waals surface area contributed by atoms with Crippen LogP contribution in [0.25, 0.3) is 0 Å². The number of ether oxygens (including phenoxy) is 2. The third kappa shape index (κ3) is 3.73. The van der Waals surface area contributed by atoms with Crippen molar-refractivity contribution in [1.82, 2.24) is 0 Å².